The Balaban J connectivity index is 2.10. The molecule has 2 rings (SSSR count). The molecule has 0 radical (unpaired) electrons. The maximum atomic E-state index is 10.3. The fourth-order valence-corrected chi connectivity index (χ4v) is 3.78. The normalized spacial score (nSPS) is 33.0. The van der Waals surface area contributed by atoms with Gasteiger partial charge in [0.05, 0.1) is 9.68 Å². The van der Waals surface area contributed by atoms with Crippen molar-refractivity contribution in [2.45, 2.75) is 31.0 Å². The maximum absolute atomic E-state index is 10.3. The van der Waals surface area contributed by atoms with E-state index >= 15 is 0 Å². The van der Waals surface area contributed by atoms with Gasteiger partial charge >= 0.3 is 0 Å². The third-order valence-corrected chi connectivity index (χ3v) is 5.98. The Kier molecular flexibility index (Phi) is 5.44. The molecule has 0 amide bonds. The van der Waals surface area contributed by atoms with Crippen LogP contribution >= 0.6 is 29.5 Å². The number of aliphatic hydroxyl groups excluding tert-OH is 2. The van der Waals surface area contributed by atoms with Crippen molar-refractivity contribution in [1.29, 1.82) is 0 Å². The molecule has 2 aliphatic heterocycles. The molecule has 2 heterocycles. The van der Waals surface area contributed by atoms with Crippen molar-refractivity contribution in [3.63, 3.8) is 0 Å². The summed E-state index contributed by atoms with van der Waals surface area (Å²) in [5, 5.41) is 20.5. The predicted octanol–water partition coefficient (Wildman–Crippen LogP) is 0.953. The van der Waals surface area contributed by atoms with Crippen molar-refractivity contribution in [3.8, 4) is 0 Å². The fourth-order valence-electron chi connectivity index (χ4n) is 2.41. The van der Waals surface area contributed by atoms with Gasteiger partial charge in [-0.2, -0.15) is 0 Å². The van der Waals surface area contributed by atoms with Crippen molar-refractivity contribution in [1.82, 2.24) is 4.90 Å². The third kappa shape index (κ3) is 3.94. The molecular formula is C14H23IN3O3P. The number of amidine groups is 1. The summed E-state index contributed by atoms with van der Waals surface area (Å²) in [4.78, 5) is 5.75. The standard InChI is InChI=1S/C14H23IN3O3P/c1-8-17-13(16)9(15)7-18(8)14-12(20)11(19)10(21-14)5-6-22(2,3)4/h7,10-12,14,19-20H,1-2,5-6H2,3-4H3,(H2,16,17)/t10-,11-,12?,14-/m1/s1. The van der Waals surface area contributed by atoms with Crippen LogP contribution in [0.5, 0.6) is 0 Å². The highest BCUT2D eigenvalue weighted by Gasteiger charge is 2.45. The zero-order valence-corrected chi connectivity index (χ0v) is 15.9. The molecule has 0 saturated carbocycles. The van der Waals surface area contributed by atoms with Crippen LogP contribution in [0.2, 0.25) is 0 Å². The monoisotopic (exact) mass is 439 g/mol. The molecule has 4 atom stereocenters. The average Bonchev–Trinajstić information content (AvgIpc) is 2.68. The van der Waals surface area contributed by atoms with Crippen LogP contribution < -0.4 is 5.73 Å². The minimum atomic E-state index is -1.20. The molecule has 2 aliphatic rings. The van der Waals surface area contributed by atoms with Crippen LogP contribution in [-0.2, 0) is 4.74 Å². The summed E-state index contributed by atoms with van der Waals surface area (Å²) in [6, 6.07) is 0. The Hall–Kier alpha value is -0.340. The first-order chi connectivity index (χ1) is 10.1. The van der Waals surface area contributed by atoms with E-state index in [1.54, 1.807) is 11.1 Å². The quantitative estimate of drug-likeness (QED) is 0.449. The first kappa shape index (κ1) is 18.0. The first-order valence-electron chi connectivity index (χ1n) is 6.98. The number of ether oxygens (including phenoxy) is 1. The van der Waals surface area contributed by atoms with Crippen LogP contribution in [0.15, 0.2) is 27.2 Å². The van der Waals surface area contributed by atoms with Gasteiger partial charge in [0, 0.05) is 6.20 Å². The number of aliphatic hydroxyl groups is 2. The molecule has 0 spiro atoms. The molecule has 4 N–H and O–H groups in total. The van der Waals surface area contributed by atoms with E-state index in [0.717, 1.165) is 9.74 Å². The Morgan fingerprint density at radius 1 is 1.45 bits per heavy atom. The second-order valence-corrected chi connectivity index (χ2v) is 11.8. The highest BCUT2D eigenvalue weighted by atomic mass is 127. The summed E-state index contributed by atoms with van der Waals surface area (Å²) in [7, 11) is 0. The molecule has 0 aromatic rings. The molecule has 1 unspecified atom stereocenters. The summed E-state index contributed by atoms with van der Waals surface area (Å²) >= 11 is 2.06. The van der Waals surface area contributed by atoms with Crippen molar-refractivity contribution in [2.24, 2.45) is 10.7 Å². The molecular weight excluding hydrogens is 416 g/mol. The van der Waals surface area contributed by atoms with Crippen LogP contribution in [-0.4, -0.2) is 71.3 Å². The number of nitrogens with zero attached hydrogens (tertiary/aromatic N) is 2. The second kappa shape index (κ2) is 6.65. The summed E-state index contributed by atoms with van der Waals surface area (Å²) in [5.74, 6) is 0.773. The lowest BCUT2D eigenvalue weighted by Gasteiger charge is -2.31. The molecule has 1 saturated heterocycles. The zero-order chi connectivity index (χ0) is 16.7. The number of rotatable bonds is 4. The minimum absolute atomic E-state index is 0.384. The van der Waals surface area contributed by atoms with Crippen molar-refractivity contribution in [2.75, 3.05) is 19.5 Å². The molecule has 124 valence electrons. The second-order valence-electron chi connectivity index (χ2n) is 6.29. The van der Waals surface area contributed by atoms with E-state index in [-0.39, 0.29) is 0 Å². The van der Waals surface area contributed by atoms with Crippen molar-refractivity contribution >= 4 is 41.6 Å². The SMILES string of the molecule is C=C1N=C(N)C(I)=CN1[C@@H]1O[C@H](CCP(=C)(C)C)[C@@H](O)C1O. The summed E-state index contributed by atoms with van der Waals surface area (Å²) in [6.07, 6.45) is 4.38. The van der Waals surface area contributed by atoms with E-state index in [1.807, 2.05) is 0 Å². The van der Waals surface area contributed by atoms with Gasteiger partial charge < -0.3 is 25.6 Å². The van der Waals surface area contributed by atoms with Crippen molar-refractivity contribution in [3.05, 3.63) is 22.2 Å². The number of hydrogen-bond donors (Lipinski definition) is 3. The van der Waals surface area contributed by atoms with Crippen LogP contribution in [0.3, 0.4) is 0 Å². The van der Waals surface area contributed by atoms with E-state index in [9.17, 15) is 10.2 Å². The molecule has 0 aromatic heterocycles. The molecule has 6 nitrogen and oxygen atoms in total. The average molecular weight is 439 g/mol. The van der Waals surface area contributed by atoms with Gasteiger partial charge in [-0.05, 0) is 48.5 Å². The highest BCUT2D eigenvalue weighted by Crippen LogP contribution is 2.39. The highest BCUT2D eigenvalue weighted by molar-refractivity contribution is 14.1. The lowest BCUT2D eigenvalue weighted by Crippen LogP contribution is -2.42. The Labute approximate surface area is 144 Å². The van der Waals surface area contributed by atoms with Gasteiger partial charge in [-0.1, -0.05) is 6.58 Å². The van der Waals surface area contributed by atoms with Crippen LogP contribution in [0.25, 0.3) is 0 Å². The largest absolute Gasteiger partial charge is 0.388 e. The molecule has 8 heteroatoms. The van der Waals surface area contributed by atoms with Crippen LogP contribution in [0, 0.1) is 0 Å². The number of hydrogen-bond acceptors (Lipinski definition) is 6. The van der Waals surface area contributed by atoms with E-state index in [0.29, 0.717) is 18.1 Å². The van der Waals surface area contributed by atoms with Crippen LogP contribution in [0.1, 0.15) is 6.42 Å². The molecule has 0 aliphatic carbocycles. The lowest BCUT2D eigenvalue weighted by molar-refractivity contribution is -0.0578. The molecule has 22 heavy (non-hydrogen) atoms. The van der Waals surface area contributed by atoms with Gasteiger partial charge in [0.1, 0.15) is 23.9 Å². The maximum Gasteiger partial charge on any atom is 0.164 e. The van der Waals surface area contributed by atoms with Gasteiger partial charge in [0.25, 0.3) is 0 Å². The summed E-state index contributed by atoms with van der Waals surface area (Å²) in [6.45, 7) is 6.90. The van der Waals surface area contributed by atoms with Gasteiger partial charge in [-0.3, -0.25) is 0 Å². The number of nitrogens with two attached hydrogens (primary N) is 1. The molecule has 0 bridgehead atoms. The topological polar surface area (TPSA) is 91.3 Å². The van der Waals surface area contributed by atoms with E-state index in [2.05, 4.69) is 53.8 Å². The Morgan fingerprint density at radius 3 is 2.68 bits per heavy atom. The van der Waals surface area contributed by atoms with E-state index in [1.165, 1.54) is 0 Å². The Bertz CT molecular complexity index is 572. The van der Waals surface area contributed by atoms with Gasteiger partial charge in [0.2, 0.25) is 0 Å². The number of halogens is 1. The smallest absolute Gasteiger partial charge is 0.164 e. The third-order valence-electron chi connectivity index (χ3n) is 3.67. The first-order valence-corrected chi connectivity index (χ1v) is 11.1. The number of aliphatic imine (C=N–C) groups is 1. The zero-order valence-electron chi connectivity index (χ0n) is 12.8. The molecule has 1 fully saturated rings. The summed E-state index contributed by atoms with van der Waals surface area (Å²) < 4.78 is 6.61. The van der Waals surface area contributed by atoms with E-state index < -0.39 is 31.4 Å². The van der Waals surface area contributed by atoms with Crippen LogP contribution in [0.4, 0.5) is 0 Å². The van der Waals surface area contributed by atoms with Gasteiger partial charge in [0.15, 0.2) is 6.23 Å². The van der Waals surface area contributed by atoms with E-state index in [4.69, 9.17) is 10.5 Å². The molecule has 0 aromatic carbocycles. The Morgan fingerprint density at radius 2 is 2.09 bits per heavy atom. The minimum Gasteiger partial charge on any atom is -0.388 e. The summed E-state index contributed by atoms with van der Waals surface area (Å²) in [5.41, 5.74) is 5.75. The fraction of sp³-hybridized carbons (Fsp3) is 0.571. The van der Waals surface area contributed by atoms with Crippen molar-refractivity contribution < 1.29 is 14.9 Å². The van der Waals surface area contributed by atoms with Gasteiger partial charge in [-0.25, -0.2) is 4.99 Å². The predicted molar refractivity (Wildman–Crippen MR) is 101 cm³/mol. The lowest BCUT2D eigenvalue weighted by atomic mass is 10.1. The van der Waals surface area contributed by atoms with Gasteiger partial charge in [-0.15, -0.1) is 13.2 Å².